The van der Waals surface area contributed by atoms with Crippen molar-refractivity contribution < 1.29 is 18.9 Å². The average molecular weight is 272 g/mol. The van der Waals surface area contributed by atoms with Crippen LogP contribution in [0.4, 0.5) is 11.4 Å². The fraction of sp³-hybridized carbons (Fsp3) is 0.455. The maximum Gasteiger partial charge on any atom is 0.209 e. The van der Waals surface area contributed by atoms with Gasteiger partial charge in [0.15, 0.2) is 17.2 Å². The molecular formula is C11H16N2O4S. The number of hydrogen-bond acceptors (Lipinski definition) is 7. The molecule has 7 heteroatoms. The molecule has 4 N–H and O–H groups in total. The highest BCUT2D eigenvalue weighted by molar-refractivity contribution is 7.99. The van der Waals surface area contributed by atoms with E-state index in [2.05, 4.69) is 0 Å². The molecule has 1 aromatic rings. The number of benzene rings is 1. The van der Waals surface area contributed by atoms with Gasteiger partial charge in [0.25, 0.3) is 0 Å². The van der Waals surface area contributed by atoms with E-state index in [0.29, 0.717) is 34.4 Å². The number of nitrogen functional groups attached to an aromatic ring is 2. The van der Waals surface area contributed by atoms with Crippen LogP contribution >= 0.6 is 11.8 Å². The highest BCUT2D eigenvalue weighted by atomic mass is 32.2. The van der Waals surface area contributed by atoms with E-state index in [9.17, 15) is 0 Å². The number of anilines is 2. The Bertz CT molecular complexity index is 467. The van der Waals surface area contributed by atoms with Crippen molar-refractivity contribution in [1.82, 2.24) is 0 Å². The van der Waals surface area contributed by atoms with Gasteiger partial charge in [-0.3, -0.25) is 0 Å². The van der Waals surface area contributed by atoms with Gasteiger partial charge < -0.3 is 30.4 Å². The van der Waals surface area contributed by atoms with Crippen molar-refractivity contribution >= 4 is 23.1 Å². The van der Waals surface area contributed by atoms with Gasteiger partial charge in [-0.25, -0.2) is 0 Å². The maximum atomic E-state index is 6.04. The first kappa shape index (κ1) is 13.0. The van der Waals surface area contributed by atoms with Crippen LogP contribution in [0.2, 0.25) is 0 Å². The van der Waals surface area contributed by atoms with E-state index in [0.717, 1.165) is 4.90 Å². The van der Waals surface area contributed by atoms with E-state index >= 15 is 0 Å². The van der Waals surface area contributed by atoms with E-state index in [1.165, 1.54) is 26.0 Å². The van der Waals surface area contributed by atoms with E-state index in [-0.39, 0.29) is 6.29 Å². The largest absolute Gasteiger partial charge is 0.491 e. The zero-order valence-electron chi connectivity index (χ0n) is 10.5. The normalized spacial score (nSPS) is 17.8. The van der Waals surface area contributed by atoms with Crippen LogP contribution in [-0.2, 0) is 4.74 Å². The summed E-state index contributed by atoms with van der Waals surface area (Å²) in [4.78, 5) is 0.762. The first-order valence-corrected chi connectivity index (χ1v) is 6.27. The lowest BCUT2D eigenvalue weighted by Crippen LogP contribution is -2.26. The van der Waals surface area contributed by atoms with Crippen molar-refractivity contribution in [2.45, 2.75) is 11.2 Å². The summed E-state index contributed by atoms with van der Waals surface area (Å²) in [6, 6.07) is 0. The summed E-state index contributed by atoms with van der Waals surface area (Å²) in [6.45, 7) is 0. The fourth-order valence-corrected chi connectivity index (χ4v) is 2.84. The van der Waals surface area contributed by atoms with Crippen LogP contribution < -0.4 is 25.7 Å². The van der Waals surface area contributed by atoms with Gasteiger partial charge >= 0.3 is 0 Å². The molecule has 18 heavy (non-hydrogen) atoms. The molecule has 1 unspecified atom stereocenters. The minimum atomic E-state index is -0.345. The molecule has 6 nitrogen and oxygen atoms in total. The highest BCUT2D eigenvalue weighted by Gasteiger charge is 2.30. The number of hydrogen-bond donors (Lipinski definition) is 2. The van der Waals surface area contributed by atoms with E-state index < -0.39 is 0 Å². The average Bonchev–Trinajstić information content (AvgIpc) is 2.41. The maximum absolute atomic E-state index is 6.04. The van der Waals surface area contributed by atoms with Crippen molar-refractivity contribution in [3.05, 3.63) is 0 Å². The molecule has 1 aliphatic rings. The molecule has 1 aromatic carbocycles. The van der Waals surface area contributed by atoms with Crippen LogP contribution in [0.1, 0.15) is 0 Å². The van der Waals surface area contributed by atoms with Gasteiger partial charge in [-0.1, -0.05) is 0 Å². The van der Waals surface area contributed by atoms with Crippen LogP contribution in [-0.4, -0.2) is 33.4 Å². The van der Waals surface area contributed by atoms with Gasteiger partial charge in [-0.15, -0.1) is 11.8 Å². The molecule has 1 heterocycles. The van der Waals surface area contributed by atoms with E-state index in [1.807, 2.05) is 0 Å². The van der Waals surface area contributed by atoms with E-state index in [4.69, 9.17) is 30.4 Å². The Labute approximate surface area is 110 Å². The molecule has 100 valence electrons. The Morgan fingerprint density at radius 1 is 1.11 bits per heavy atom. The summed E-state index contributed by atoms with van der Waals surface area (Å²) in [5.41, 5.74) is 12.9. The first-order chi connectivity index (χ1) is 8.63. The van der Waals surface area contributed by atoms with Gasteiger partial charge in [-0.05, 0) is 0 Å². The molecule has 0 saturated heterocycles. The molecule has 0 aliphatic carbocycles. The topological polar surface area (TPSA) is 89.0 Å². The molecule has 0 fully saturated rings. The van der Waals surface area contributed by atoms with Crippen LogP contribution in [0.3, 0.4) is 0 Å². The summed E-state index contributed by atoms with van der Waals surface area (Å²) in [6.07, 6.45) is -0.345. The SMILES string of the molecule is COc1c(N)c2c(c(N)c1OC)SCC(OC)O2. The molecular weight excluding hydrogens is 256 g/mol. The van der Waals surface area contributed by atoms with Gasteiger partial charge in [0.05, 0.1) is 30.6 Å². The third kappa shape index (κ3) is 1.89. The summed E-state index contributed by atoms with van der Waals surface area (Å²) in [7, 11) is 4.60. The van der Waals surface area contributed by atoms with Crippen LogP contribution in [0.15, 0.2) is 4.90 Å². The molecule has 1 aliphatic heterocycles. The lowest BCUT2D eigenvalue weighted by molar-refractivity contribution is -0.0381. The molecule has 0 spiro atoms. The van der Waals surface area contributed by atoms with Gasteiger partial charge in [0, 0.05) is 7.11 Å². The summed E-state index contributed by atoms with van der Waals surface area (Å²) < 4.78 is 21.3. The Morgan fingerprint density at radius 2 is 1.72 bits per heavy atom. The summed E-state index contributed by atoms with van der Waals surface area (Å²) >= 11 is 1.52. The monoisotopic (exact) mass is 272 g/mol. The summed E-state index contributed by atoms with van der Waals surface area (Å²) in [5.74, 6) is 1.95. The van der Waals surface area contributed by atoms with Crippen molar-refractivity contribution in [2.75, 3.05) is 38.5 Å². The third-order valence-electron chi connectivity index (χ3n) is 2.68. The molecule has 0 aromatic heterocycles. The summed E-state index contributed by atoms with van der Waals surface area (Å²) in [5, 5.41) is 0. The Morgan fingerprint density at radius 3 is 2.28 bits per heavy atom. The first-order valence-electron chi connectivity index (χ1n) is 5.29. The minimum absolute atomic E-state index is 0.345. The second kappa shape index (κ2) is 5.03. The highest BCUT2D eigenvalue weighted by Crippen LogP contribution is 2.53. The number of nitrogens with two attached hydrogens (primary N) is 2. The van der Waals surface area contributed by atoms with Crippen molar-refractivity contribution in [3.63, 3.8) is 0 Å². The van der Waals surface area contributed by atoms with Gasteiger partial charge in [0.1, 0.15) is 5.69 Å². The standard InChI is InChI=1S/C11H16N2O4S/c1-14-5-4-18-11-7(13)9(16-3)8(15-2)6(12)10(11)17-5/h5H,4,12-13H2,1-3H3. The fourth-order valence-electron chi connectivity index (χ4n) is 1.79. The third-order valence-corrected chi connectivity index (χ3v) is 3.81. The van der Waals surface area contributed by atoms with Gasteiger partial charge in [0.2, 0.25) is 6.29 Å². The number of ether oxygens (including phenoxy) is 4. The van der Waals surface area contributed by atoms with Gasteiger partial charge in [-0.2, -0.15) is 0 Å². The lowest BCUT2D eigenvalue weighted by atomic mass is 10.2. The van der Waals surface area contributed by atoms with Crippen LogP contribution in [0.25, 0.3) is 0 Å². The number of methoxy groups -OCH3 is 3. The molecule has 0 saturated carbocycles. The Balaban J connectivity index is 2.58. The second-order valence-electron chi connectivity index (χ2n) is 3.65. The minimum Gasteiger partial charge on any atom is -0.491 e. The number of fused-ring (bicyclic) bond motifs is 1. The molecule has 0 radical (unpaired) electrons. The molecule has 2 rings (SSSR count). The van der Waals surface area contributed by atoms with Crippen molar-refractivity contribution in [1.29, 1.82) is 0 Å². The zero-order valence-corrected chi connectivity index (χ0v) is 11.3. The van der Waals surface area contributed by atoms with Crippen molar-refractivity contribution in [3.8, 4) is 17.2 Å². The Hall–Kier alpha value is -1.47. The zero-order chi connectivity index (χ0) is 13.3. The predicted octanol–water partition coefficient (Wildman–Crippen LogP) is 1.33. The molecule has 0 amide bonds. The smallest absolute Gasteiger partial charge is 0.209 e. The molecule has 1 atom stereocenters. The lowest BCUT2D eigenvalue weighted by Gasteiger charge is -2.28. The van der Waals surface area contributed by atoms with Crippen molar-refractivity contribution in [2.24, 2.45) is 0 Å². The second-order valence-corrected chi connectivity index (χ2v) is 4.68. The molecule has 0 bridgehead atoms. The van der Waals surface area contributed by atoms with Crippen LogP contribution in [0.5, 0.6) is 17.2 Å². The van der Waals surface area contributed by atoms with Crippen LogP contribution in [0, 0.1) is 0 Å². The number of thioether (sulfide) groups is 1. The predicted molar refractivity (Wildman–Crippen MR) is 70.5 cm³/mol. The Kier molecular flexibility index (Phi) is 3.63. The number of rotatable bonds is 3. The van der Waals surface area contributed by atoms with E-state index in [1.54, 1.807) is 7.11 Å². The quantitative estimate of drug-likeness (QED) is 0.802.